The third-order valence-electron chi connectivity index (χ3n) is 16.4. The number of hydrogen-bond donors (Lipinski definition) is 0. The Hall–Kier alpha value is -9.96. The molecule has 2 aromatic heterocycles. The summed E-state index contributed by atoms with van der Waals surface area (Å²) in [5.74, 6) is 0. The van der Waals surface area contributed by atoms with E-state index in [1.807, 2.05) is 12.1 Å². The zero-order valence-corrected chi connectivity index (χ0v) is 41.4. The van der Waals surface area contributed by atoms with E-state index in [-0.39, 0.29) is 0 Å². The van der Waals surface area contributed by atoms with E-state index >= 15 is 0 Å². The maximum absolute atomic E-state index is 6.52. The number of benzene rings is 12. The standard InChI is InChI=1S/C73H46N2O/c1-2-16-47(17-3-1)48-32-34-50(35-33-48)55-18-6-11-29-67(55)74(54-43-38-51(39-44-54)56-23-14-25-62-60-22-8-13-31-70(60)76-72(56)62)53-41-36-49(37-42-53)52-40-45-65-69(46-52)75-68-30-12-7-21-59(68)61-24-15-28-66(71(61)75)73(65)63-26-9-4-19-57(63)58-20-5-10-27-64(58)73/h1-46H. The Morgan fingerprint density at radius 3 is 1.58 bits per heavy atom. The second-order valence-corrected chi connectivity index (χ2v) is 20.3. The van der Waals surface area contributed by atoms with Crippen LogP contribution in [-0.2, 0) is 5.41 Å². The molecule has 0 radical (unpaired) electrons. The number of hydrogen-bond acceptors (Lipinski definition) is 2. The molecule has 0 bridgehead atoms. The second-order valence-electron chi connectivity index (χ2n) is 20.3. The minimum absolute atomic E-state index is 0.487. The van der Waals surface area contributed by atoms with E-state index in [1.54, 1.807) is 0 Å². The lowest BCUT2D eigenvalue weighted by atomic mass is 9.65. The number of anilines is 3. The molecule has 3 nitrogen and oxygen atoms in total. The topological polar surface area (TPSA) is 21.3 Å². The summed E-state index contributed by atoms with van der Waals surface area (Å²) in [6, 6.07) is 102. The van der Waals surface area contributed by atoms with Crippen molar-refractivity contribution in [2.75, 3.05) is 4.90 Å². The van der Waals surface area contributed by atoms with E-state index in [4.69, 9.17) is 4.42 Å². The third kappa shape index (κ3) is 6.11. The van der Waals surface area contributed by atoms with Crippen LogP contribution in [0.2, 0.25) is 0 Å². The highest BCUT2D eigenvalue weighted by Gasteiger charge is 2.50. The fourth-order valence-corrected chi connectivity index (χ4v) is 13.1. The summed E-state index contributed by atoms with van der Waals surface area (Å²) >= 11 is 0. The van der Waals surface area contributed by atoms with Gasteiger partial charge >= 0.3 is 0 Å². The van der Waals surface area contributed by atoms with Crippen LogP contribution in [0.4, 0.5) is 17.1 Å². The molecule has 0 saturated heterocycles. The average Bonchev–Trinajstić information content (AvgIpc) is 4.33. The molecule has 12 aromatic carbocycles. The molecule has 1 aliphatic heterocycles. The van der Waals surface area contributed by atoms with Crippen LogP contribution < -0.4 is 4.90 Å². The summed E-state index contributed by atoms with van der Waals surface area (Å²) in [5, 5.41) is 4.80. The van der Waals surface area contributed by atoms with Gasteiger partial charge in [-0.1, -0.05) is 231 Å². The fourth-order valence-electron chi connectivity index (χ4n) is 13.1. The quantitative estimate of drug-likeness (QED) is 0.159. The Morgan fingerprint density at radius 1 is 0.316 bits per heavy atom. The number of para-hydroxylation sites is 5. The van der Waals surface area contributed by atoms with Crippen molar-refractivity contribution in [3.8, 4) is 61.3 Å². The van der Waals surface area contributed by atoms with Crippen LogP contribution in [0.5, 0.6) is 0 Å². The Bertz CT molecular complexity index is 4570. The molecule has 3 heteroatoms. The van der Waals surface area contributed by atoms with Gasteiger partial charge in [0.15, 0.2) is 0 Å². The van der Waals surface area contributed by atoms with E-state index < -0.39 is 5.41 Å². The van der Waals surface area contributed by atoms with Gasteiger partial charge in [-0.15, -0.1) is 0 Å². The zero-order chi connectivity index (χ0) is 49.9. The Labute approximate surface area is 440 Å². The van der Waals surface area contributed by atoms with Crippen LogP contribution in [0.15, 0.2) is 283 Å². The number of furan rings is 1. The molecule has 14 aromatic rings. The highest BCUT2D eigenvalue weighted by molar-refractivity contribution is 6.13. The Kier molecular flexibility index (Phi) is 9.25. The largest absolute Gasteiger partial charge is 0.455 e. The van der Waals surface area contributed by atoms with Crippen molar-refractivity contribution in [1.29, 1.82) is 0 Å². The van der Waals surface area contributed by atoms with Crippen molar-refractivity contribution in [2.45, 2.75) is 5.41 Å². The van der Waals surface area contributed by atoms with Gasteiger partial charge in [-0.2, -0.15) is 0 Å². The molecule has 0 fully saturated rings. The third-order valence-corrected chi connectivity index (χ3v) is 16.4. The molecule has 1 spiro atoms. The minimum atomic E-state index is -0.487. The maximum Gasteiger partial charge on any atom is 0.143 e. The van der Waals surface area contributed by atoms with Crippen molar-refractivity contribution in [3.05, 3.63) is 301 Å². The molecule has 0 unspecified atom stereocenters. The number of nitrogens with zero attached hydrogens (tertiary/aromatic N) is 2. The van der Waals surface area contributed by atoms with E-state index in [1.165, 1.54) is 77.6 Å². The summed E-state index contributed by atoms with van der Waals surface area (Å²) in [6.45, 7) is 0. The lowest BCUT2D eigenvalue weighted by Gasteiger charge is -2.39. The van der Waals surface area contributed by atoms with E-state index in [9.17, 15) is 0 Å². The molecule has 0 saturated carbocycles. The molecule has 76 heavy (non-hydrogen) atoms. The summed E-state index contributed by atoms with van der Waals surface area (Å²) in [5.41, 5.74) is 25.3. The van der Waals surface area contributed by atoms with Crippen molar-refractivity contribution < 1.29 is 4.42 Å². The molecule has 0 amide bonds. The molecular weight excluding hydrogens is 921 g/mol. The summed E-state index contributed by atoms with van der Waals surface area (Å²) in [4.78, 5) is 2.40. The van der Waals surface area contributed by atoms with Crippen LogP contribution in [-0.4, -0.2) is 4.57 Å². The van der Waals surface area contributed by atoms with Gasteiger partial charge in [-0.25, -0.2) is 0 Å². The van der Waals surface area contributed by atoms with E-state index in [2.05, 4.69) is 276 Å². The SMILES string of the molecule is c1ccc(-c2ccc(-c3ccccc3N(c3ccc(-c4ccc5c(c4)-n4c6ccccc6c6cccc(c64)C54c5ccccc5-c5ccccc54)cc3)c3ccc(-c4cccc5c4oc4ccccc45)cc3)cc2)cc1. The molecule has 354 valence electrons. The van der Waals surface area contributed by atoms with Gasteiger partial charge in [-0.3, -0.25) is 0 Å². The van der Waals surface area contributed by atoms with E-state index in [0.29, 0.717) is 0 Å². The highest BCUT2D eigenvalue weighted by Crippen LogP contribution is 2.61. The van der Waals surface area contributed by atoms with Gasteiger partial charge in [0.2, 0.25) is 0 Å². The van der Waals surface area contributed by atoms with Gasteiger partial charge in [0.25, 0.3) is 0 Å². The van der Waals surface area contributed by atoms with Crippen LogP contribution in [0.3, 0.4) is 0 Å². The van der Waals surface area contributed by atoms with Crippen molar-refractivity contribution in [2.24, 2.45) is 0 Å². The predicted octanol–water partition coefficient (Wildman–Crippen LogP) is 19.5. The van der Waals surface area contributed by atoms with E-state index in [0.717, 1.165) is 66.8 Å². The van der Waals surface area contributed by atoms with Crippen LogP contribution in [0, 0.1) is 0 Å². The first-order valence-corrected chi connectivity index (χ1v) is 26.2. The highest BCUT2D eigenvalue weighted by atomic mass is 16.3. The van der Waals surface area contributed by atoms with Gasteiger partial charge in [0.05, 0.1) is 27.8 Å². The molecule has 1 aliphatic carbocycles. The predicted molar refractivity (Wildman–Crippen MR) is 315 cm³/mol. The number of fused-ring (bicyclic) bond motifs is 15. The Morgan fingerprint density at radius 2 is 0.816 bits per heavy atom. The first-order chi connectivity index (χ1) is 37.7. The van der Waals surface area contributed by atoms with Crippen LogP contribution in [0.25, 0.3) is 105 Å². The van der Waals surface area contributed by atoms with Gasteiger partial charge < -0.3 is 13.9 Å². The molecule has 2 aliphatic rings. The van der Waals surface area contributed by atoms with Gasteiger partial charge in [0, 0.05) is 44.0 Å². The lowest BCUT2D eigenvalue weighted by molar-refractivity contribution is 0.670. The lowest BCUT2D eigenvalue weighted by Crippen LogP contribution is -2.33. The average molecular weight is 967 g/mol. The maximum atomic E-state index is 6.52. The minimum Gasteiger partial charge on any atom is -0.455 e. The fraction of sp³-hybridized carbons (Fsp3) is 0.0137. The smallest absolute Gasteiger partial charge is 0.143 e. The number of rotatable bonds is 7. The van der Waals surface area contributed by atoms with Crippen molar-refractivity contribution >= 4 is 60.8 Å². The molecule has 16 rings (SSSR count). The summed E-state index contributed by atoms with van der Waals surface area (Å²) < 4.78 is 9.07. The van der Waals surface area contributed by atoms with Crippen LogP contribution in [0.1, 0.15) is 22.3 Å². The Balaban J connectivity index is 0.848. The molecule has 0 N–H and O–H groups in total. The molecular formula is C73H46N2O. The zero-order valence-electron chi connectivity index (χ0n) is 41.4. The van der Waals surface area contributed by atoms with Gasteiger partial charge in [0.1, 0.15) is 11.2 Å². The summed E-state index contributed by atoms with van der Waals surface area (Å²) in [7, 11) is 0. The first kappa shape index (κ1) is 42.5. The second kappa shape index (κ2) is 16.5. The normalized spacial score (nSPS) is 12.8. The molecule has 3 heterocycles. The molecule has 0 atom stereocenters. The van der Waals surface area contributed by atoms with Gasteiger partial charge in [-0.05, 0) is 115 Å². The monoisotopic (exact) mass is 966 g/mol. The van der Waals surface area contributed by atoms with Crippen molar-refractivity contribution in [1.82, 2.24) is 4.57 Å². The first-order valence-electron chi connectivity index (χ1n) is 26.2. The van der Waals surface area contributed by atoms with Crippen LogP contribution >= 0.6 is 0 Å². The number of aromatic nitrogens is 1. The summed E-state index contributed by atoms with van der Waals surface area (Å²) in [6.07, 6.45) is 0. The van der Waals surface area contributed by atoms with Crippen molar-refractivity contribution in [3.63, 3.8) is 0 Å².